The first kappa shape index (κ1) is 8.15. The summed E-state index contributed by atoms with van der Waals surface area (Å²) in [6, 6.07) is 0. The summed E-state index contributed by atoms with van der Waals surface area (Å²) in [7, 11) is 0. The zero-order valence-corrected chi connectivity index (χ0v) is 4.71. The monoisotopic (exact) mass is 141 g/mol. The summed E-state index contributed by atoms with van der Waals surface area (Å²) < 4.78 is 0. The minimum absolute atomic E-state index is 2.92. The van der Waals surface area contributed by atoms with Gasteiger partial charge in [-0.1, -0.05) is 0 Å². The molecule has 0 aliphatic heterocycles. The van der Waals surface area contributed by atoms with Crippen molar-refractivity contribution in [2.24, 2.45) is 5.73 Å². The van der Waals surface area contributed by atoms with E-state index < -0.39 is 11.0 Å². The van der Waals surface area contributed by atoms with Crippen LogP contribution >= 0.6 is 12.6 Å². The van der Waals surface area contributed by atoms with Crippen molar-refractivity contribution < 1.29 is 20.4 Å². The van der Waals surface area contributed by atoms with Gasteiger partial charge in [0.05, 0.1) is 0 Å². The van der Waals surface area contributed by atoms with Crippen molar-refractivity contribution in [1.82, 2.24) is 0 Å². The van der Waals surface area contributed by atoms with E-state index in [0.717, 1.165) is 0 Å². The predicted octanol–water partition coefficient (Wildman–Crippen LogP) is -2.85. The van der Waals surface area contributed by atoms with Crippen molar-refractivity contribution >= 4 is 12.6 Å². The van der Waals surface area contributed by atoms with Crippen LogP contribution in [-0.2, 0) is 0 Å². The van der Waals surface area contributed by atoms with E-state index in [1.807, 2.05) is 0 Å². The van der Waals surface area contributed by atoms with Gasteiger partial charge >= 0.3 is 0 Å². The van der Waals surface area contributed by atoms with Gasteiger partial charge in [-0.15, -0.1) is 12.6 Å². The Balaban J connectivity index is 4.02. The van der Waals surface area contributed by atoms with Gasteiger partial charge in [0.15, 0.2) is 0 Å². The van der Waals surface area contributed by atoms with Crippen LogP contribution in [0.2, 0.25) is 0 Å². The highest BCUT2D eigenvalue weighted by molar-refractivity contribution is 7.81. The zero-order valence-electron chi connectivity index (χ0n) is 3.81. The molecule has 0 aromatic rings. The highest BCUT2D eigenvalue weighted by atomic mass is 32.1. The molecular formula is C2H7NO4S. The second-order valence-corrected chi connectivity index (χ2v) is 1.99. The van der Waals surface area contributed by atoms with Crippen LogP contribution in [0.3, 0.4) is 0 Å². The third kappa shape index (κ3) is 1.95. The maximum absolute atomic E-state index is 8.15. The van der Waals surface area contributed by atoms with E-state index in [0.29, 0.717) is 0 Å². The summed E-state index contributed by atoms with van der Waals surface area (Å²) in [5.74, 6) is -3.09. The van der Waals surface area contributed by atoms with Crippen LogP contribution in [0, 0.1) is 0 Å². The number of aliphatic hydroxyl groups is 4. The molecule has 0 aromatic carbocycles. The predicted molar refractivity (Wildman–Crippen MR) is 27.5 cm³/mol. The third-order valence-electron chi connectivity index (χ3n) is 0.494. The average Bonchev–Trinajstić information content (AvgIpc) is 1.25. The first-order valence-corrected chi connectivity index (χ1v) is 2.10. The lowest BCUT2D eigenvalue weighted by Crippen LogP contribution is -2.57. The average molecular weight is 141 g/mol. The van der Waals surface area contributed by atoms with Crippen LogP contribution in [0.4, 0.5) is 0 Å². The fourth-order valence-corrected chi connectivity index (χ4v) is 0. The molecule has 0 amide bonds. The molecule has 0 heterocycles. The molecular weight excluding hydrogens is 134 g/mol. The minimum Gasteiger partial charge on any atom is -0.352 e. The van der Waals surface area contributed by atoms with Gasteiger partial charge < -0.3 is 20.4 Å². The normalized spacial score (nSPS) is 14.2. The van der Waals surface area contributed by atoms with Gasteiger partial charge in [0, 0.05) is 0 Å². The Labute approximate surface area is 50.8 Å². The minimum atomic E-state index is -3.09. The summed E-state index contributed by atoms with van der Waals surface area (Å²) in [4.78, 5) is 0. The van der Waals surface area contributed by atoms with E-state index in [1.165, 1.54) is 0 Å². The Morgan fingerprint density at radius 1 is 1.12 bits per heavy atom. The first-order valence-electron chi connectivity index (χ1n) is 1.66. The van der Waals surface area contributed by atoms with Crippen LogP contribution in [0.5, 0.6) is 0 Å². The largest absolute Gasteiger partial charge is 0.352 e. The third-order valence-corrected chi connectivity index (χ3v) is 0.823. The number of nitrogens with two attached hydrogens (primary N) is 1. The highest BCUT2D eigenvalue weighted by Crippen LogP contribution is 2.14. The maximum atomic E-state index is 8.15. The Morgan fingerprint density at radius 2 is 1.25 bits per heavy atom. The molecule has 5 nitrogen and oxygen atoms in total. The summed E-state index contributed by atoms with van der Waals surface area (Å²) in [5.41, 5.74) is 4.35. The quantitative estimate of drug-likeness (QED) is 0.174. The second kappa shape index (κ2) is 1.83. The Morgan fingerprint density at radius 3 is 1.25 bits per heavy atom. The number of hydrogen-bond donors (Lipinski definition) is 6. The molecule has 8 heavy (non-hydrogen) atoms. The van der Waals surface area contributed by atoms with Gasteiger partial charge in [-0.25, -0.2) is 0 Å². The van der Waals surface area contributed by atoms with Crippen molar-refractivity contribution in [3.63, 3.8) is 0 Å². The first-order chi connectivity index (χ1) is 3.25. The van der Waals surface area contributed by atoms with Crippen molar-refractivity contribution in [2.45, 2.75) is 11.0 Å². The van der Waals surface area contributed by atoms with Crippen LogP contribution in [-0.4, -0.2) is 31.5 Å². The van der Waals surface area contributed by atoms with Gasteiger partial charge in [0.25, 0.3) is 11.0 Å². The standard InChI is InChI=1S/C2H7NO4S/c3-1(4,5)2(6,7)8/h4-8H,3H2. The van der Waals surface area contributed by atoms with Crippen LogP contribution in [0.25, 0.3) is 0 Å². The smallest absolute Gasteiger partial charge is 0.287 e. The summed E-state index contributed by atoms with van der Waals surface area (Å²) >= 11 is 2.92. The van der Waals surface area contributed by atoms with Gasteiger partial charge in [-0.2, -0.15) is 0 Å². The van der Waals surface area contributed by atoms with Crippen LogP contribution in [0.15, 0.2) is 0 Å². The summed E-state index contributed by atoms with van der Waals surface area (Å²) in [6.45, 7) is 0. The Hall–Kier alpha value is 0.150. The molecule has 6 N–H and O–H groups in total. The molecule has 0 fully saturated rings. The number of rotatable bonds is 1. The summed E-state index contributed by atoms with van der Waals surface area (Å²) in [6.07, 6.45) is 0. The molecule has 0 rings (SSSR count). The van der Waals surface area contributed by atoms with E-state index in [2.05, 4.69) is 18.4 Å². The molecule has 0 aliphatic rings. The van der Waals surface area contributed by atoms with Crippen LogP contribution in [0.1, 0.15) is 0 Å². The molecule has 0 saturated carbocycles. The molecule has 0 aromatic heterocycles. The molecule has 6 heteroatoms. The zero-order chi connectivity index (χ0) is 7.00. The van der Waals surface area contributed by atoms with Gasteiger partial charge in [0.1, 0.15) is 0 Å². The Kier molecular flexibility index (Phi) is 1.87. The van der Waals surface area contributed by atoms with Crippen LogP contribution < -0.4 is 5.73 Å². The van der Waals surface area contributed by atoms with E-state index in [9.17, 15) is 0 Å². The Bertz CT molecular complexity index is 69.0. The van der Waals surface area contributed by atoms with Crippen molar-refractivity contribution in [3.05, 3.63) is 0 Å². The molecule has 0 radical (unpaired) electrons. The fourth-order valence-electron chi connectivity index (χ4n) is 0. The number of hydrogen-bond acceptors (Lipinski definition) is 6. The highest BCUT2D eigenvalue weighted by Gasteiger charge is 2.40. The molecule has 0 aliphatic carbocycles. The molecule has 0 bridgehead atoms. The lowest BCUT2D eigenvalue weighted by Gasteiger charge is -2.25. The van der Waals surface area contributed by atoms with Gasteiger partial charge in [0.2, 0.25) is 0 Å². The number of thiol groups is 1. The molecule has 0 spiro atoms. The molecule has 0 unspecified atom stereocenters. The van der Waals surface area contributed by atoms with Gasteiger partial charge in [-0.05, 0) is 0 Å². The topological polar surface area (TPSA) is 107 Å². The molecule has 50 valence electrons. The van der Waals surface area contributed by atoms with E-state index in [-0.39, 0.29) is 0 Å². The molecule has 0 saturated heterocycles. The van der Waals surface area contributed by atoms with Crippen molar-refractivity contribution in [2.75, 3.05) is 0 Å². The lowest BCUT2D eigenvalue weighted by molar-refractivity contribution is -0.305. The maximum Gasteiger partial charge on any atom is 0.287 e. The van der Waals surface area contributed by atoms with Gasteiger partial charge in [-0.3, -0.25) is 5.73 Å². The van der Waals surface area contributed by atoms with Crippen molar-refractivity contribution in [1.29, 1.82) is 0 Å². The van der Waals surface area contributed by atoms with E-state index in [4.69, 9.17) is 20.4 Å². The summed E-state index contributed by atoms with van der Waals surface area (Å²) in [5, 5.41) is 29.5. The van der Waals surface area contributed by atoms with E-state index >= 15 is 0 Å². The second-order valence-electron chi connectivity index (χ2n) is 1.36. The molecule has 0 atom stereocenters. The van der Waals surface area contributed by atoms with Crippen molar-refractivity contribution in [3.8, 4) is 0 Å². The van der Waals surface area contributed by atoms with E-state index in [1.54, 1.807) is 0 Å². The fraction of sp³-hybridized carbons (Fsp3) is 1.00. The SMILES string of the molecule is NC(O)(O)C(O)(O)S. The lowest BCUT2D eigenvalue weighted by atomic mass is 10.5.